The number of rotatable bonds is 23. The molecule has 1 aliphatic rings. The molecule has 0 spiro atoms. The normalized spacial score (nSPS) is 24.8. The summed E-state index contributed by atoms with van der Waals surface area (Å²) in [5.74, 6) is -0.124. The van der Waals surface area contributed by atoms with Gasteiger partial charge in [0, 0.05) is 6.42 Å². The molecule has 0 aromatic rings. The quantitative estimate of drug-likeness (QED) is 0.109. The fourth-order valence-electron chi connectivity index (χ4n) is 4.96. The van der Waals surface area contributed by atoms with Crippen molar-refractivity contribution in [3.63, 3.8) is 0 Å². The zero-order valence-corrected chi connectivity index (χ0v) is 23.5. The molecular weight excluding hydrogens is 476 g/mol. The van der Waals surface area contributed by atoms with E-state index in [-0.39, 0.29) is 12.1 Å². The zero-order chi connectivity index (χ0) is 27.3. The number of hydrogen-bond acceptors (Lipinski definition) is 8. The summed E-state index contributed by atoms with van der Waals surface area (Å²) in [5, 5.41) is 40.0. The minimum Gasteiger partial charge on any atom is -0.469 e. The van der Waals surface area contributed by atoms with Crippen molar-refractivity contribution in [1.29, 1.82) is 0 Å². The van der Waals surface area contributed by atoms with Crippen molar-refractivity contribution in [2.24, 2.45) is 0 Å². The van der Waals surface area contributed by atoms with Crippen LogP contribution in [-0.4, -0.2) is 76.9 Å². The number of carbonyl (C=O) groups is 1. The number of esters is 1. The van der Waals surface area contributed by atoms with Crippen molar-refractivity contribution in [3.8, 4) is 0 Å². The third-order valence-corrected chi connectivity index (χ3v) is 7.44. The van der Waals surface area contributed by atoms with E-state index >= 15 is 0 Å². The molecule has 0 aromatic carbocycles. The molecule has 220 valence electrons. The fourth-order valence-corrected chi connectivity index (χ4v) is 4.96. The average Bonchev–Trinajstić information content (AvgIpc) is 2.90. The number of carbonyl (C=O) groups excluding carboxylic acids is 1. The Balaban J connectivity index is 2.33. The van der Waals surface area contributed by atoms with Crippen molar-refractivity contribution in [1.82, 2.24) is 0 Å². The Kier molecular flexibility index (Phi) is 20.5. The van der Waals surface area contributed by atoms with Crippen LogP contribution in [0.5, 0.6) is 0 Å². The first-order valence-corrected chi connectivity index (χ1v) is 15.0. The second-order valence-corrected chi connectivity index (χ2v) is 10.7. The topological polar surface area (TPSA) is 126 Å². The molecule has 0 radical (unpaired) electrons. The third-order valence-electron chi connectivity index (χ3n) is 7.44. The predicted octanol–water partition coefficient (Wildman–Crippen LogP) is 4.78. The number of hydrogen-bond donors (Lipinski definition) is 4. The molecule has 1 heterocycles. The van der Waals surface area contributed by atoms with E-state index in [2.05, 4.69) is 11.7 Å². The van der Waals surface area contributed by atoms with Crippen LogP contribution >= 0.6 is 0 Å². The van der Waals surface area contributed by atoms with E-state index in [1.807, 2.05) is 0 Å². The summed E-state index contributed by atoms with van der Waals surface area (Å²) >= 11 is 0. The highest BCUT2D eigenvalue weighted by Crippen LogP contribution is 2.26. The first kappa shape index (κ1) is 34.3. The third kappa shape index (κ3) is 15.4. The predicted molar refractivity (Wildman–Crippen MR) is 144 cm³/mol. The molecule has 1 unspecified atom stereocenters. The molecule has 8 nitrogen and oxygen atoms in total. The van der Waals surface area contributed by atoms with Gasteiger partial charge in [-0.1, -0.05) is 103 Å². The van der Waals surface area contributed by atoms with Gasteiger partial charge in [0.05, 0.1) is 19.8 Å². The molecule has 1 aliphatic heterocycles. The maximum Gasteiger partial charge on any atom is 0.305 e. The Labute approximate surface area is 225 Å². The van der Waals surface area contributed by atoms with E-state index in [1.165, 1.54) is 64.9 Å². The van der Waals surface area contributed by atoms with Crippen molar-refractivity contribution < 1.29 is 39.4 Å². The molecule has 1 fully saturated rings. The maximum absolute atomic E-state index is 11.1. The smallest absolute Gasteiger partial charge is 0.305 e. The summed E-state index contributed by atoms with van der Waals surface area (Å²) in [6.07, 6.45) is 14.6. The Hall–Kier alpha value is -0.770. The summed E-state index contributed by atoms with van der Waals surface area (Å²) < 4.78 is 16.4. The Morgan fingerprint density at radius 1 is 0.730 bits per heavy atom. The van der Waals surface area contributed by atoms with E-state index in [9.17, 15) is 25.2 Å². The van der Waals surface area contributed by atoms with Gasteiger partial charge >= 0.3 is 5.97 Å². The lowest BCUT2D eigenvalue weighted by atomic mass is 9.98. The second kappa shape index (κ2) is 22.1. The lowest BCUT2D eigenvalue weighted by molar-refractivity contribution is -0.312. The largest absolute Gasteiger partial charge is 0.469 e. The SMILES string of the molecule is CCCCCCCCCC(CCCCCCCCCCCC(=O)OC)O[C@@H]1O[C@H](CO)[C@@H](O)[C@H](O)[C@H]1O. The van der Waals surface area contributed by atoms with Crippen molar-refractivity contribution in [3.05, 3.63) is 0 Å². The van der Waals surface area contributed by atoms with Crippen LogP contribution < -0.4 is 0 Å². The van der Waals surface area contributed by atoms with Crippen molar-refractivity contribution in [2.75, 3.05) is 13.7 Å². The zero-order valence-electron chi connectivity index (χ0n) is 23.5. The fraction of sp³-hybridized carbons (Fsp3) is 0.966. The van der Waals surface area contributed by atoms with Gasteiger partial charge in [0.2, 0.25) is 0 Å². The molecule has 0 aliphatic carbocycles. The number of ether oxygens (including phenoxy) is 3. The van der Waals surface area contributed by atoms with E-state index in [4.69, 9.17) is 9.47 Å². The minimum absolute atomic E-state index is 0.0908. The van der Waals surface area contributed by atoms with Crippen LogP contribution in [0.4, 0.5) is 0 Å². The molecule has 0 bridgehead atoms. The first-order chi connectivity index (χ1) is 17.9. The number of aliphatic hydroxyl groups is 4. The lowest BCUT2D eigenvalue weighted by Crippen LogP contribution is -2.59. The van der Waals surface area contributed by atoms with Gasteiger partial charge in [0.25, 0.3) is 0 Å². The molecule has 8 heteroatoms. The molecule has 37 heavy (non-hydrogen) atoms. The highest BCUT2D eigenvalue weighted by Gasteiger charge is 2.44. The molecule has 0 saturated carbocycles. The number of aliphatic hydroxyl groups excluding tert-OH is 4. The molecule has 0 amide bonds. The number of methoxy groups -OCH3 is 1. The van der Waals surface area contributed by atoms with Gasteiger partial charge in [-0.05, 0) is 19.3 Å². The van der Waals surface area contributed by atoms with E-state index < -0.39 is 37.3 Å². The monoisotopic (exact) mass is 532 g/mol. The highest BCUT2D eigenvalue weighted by atomic mass is 16.7. The van der Waals surface area contributed by atoms with Gasteiger partial charge in [0.1, 0.15) is 24.4 Å². The minimum atomic E-state index is -1.41. The van der Waals surface area contributed by atoms with Crippen LogP contribution in [0.2, 0.25) is 0 Å². The van der Waals surface area contributed by atoms with Gasteiger partial charge in [0.15, 0.2) is 6.29 Å². The molecular formula is C29H56O8. The summed E-state index contributed by atoms with van der Waals surface area (Å²) in [5.41, 5.74) is 0. The van der Waals surface area contributed by atoms with E-state index in [1.54, 1.807) is 0 Å². The molecule has 0 aromatic heterocycles. The number of unbranched alkanes of at least 4 members (excludes halogenated alkanes) is 14. The average molecular weight is 533 g/mol. The van der Waals surface area contributed by atoms with Gasteiger partial charge < -0.3 is 34.6 Å². The van der Waals surface area contributed by atoms with Gasteiger partial charge in [-0.2, -0.15) is 0 Å². The second-order valence-electron chi connectivity index (χ2n) is 10.7. The van der Waals surface area contributed by atoms with Crippen LogP contribution in [0.1, 0.15) is 129 Å². The molecule has 1 saturated heterocycles. The summed E-state index contributed by atoms with van der Waals surface area (Å²) in [4.78, 5) is 11.1. The van der Waals surface area contributed by atoms with Crippen LogP contribution in [-0.2, 0) is 19.0 Å². The Bertz CT molecular complexity index is 544. The lowest BCUT2D eigenvalue weighted by Gasteiger charge is -2.41. The van der Waals surface area contributed by atoms with Crippen molar-refractivity contribution >= 4 is 5.97 Å². The Morgan fingerprint density at radius 3 is 1.70 bits per heavy atom. The van der Waals surface area contributed by atoms with Crippen LogP contribution in [0.15, 0.2) is 0 Å². The van der Waals surface area contributed by atoms with Crippen LogP contribution in [0, 0.1) is 0 Å². The van der Waals surface area contributed by atoms with Gasteiger partial charge in [-0.15, -0.1) is 0 Å². The van der Waals surface area contributed by atoms with Gasteiger partial charge in [-0.3, -0.25) is 4.79 Å². The van der Waals surface area contributed by atoms with E-state index in [0.29, 0.717) is 6.42 Å². The van der Waals surface area contributed by atoms with Crippen LogP contribution in [0.3, 0.4) is 0 Å². The standard InChI is InChI=1S/C29H56O8/c1-3-4-5-6-10-13-16-19-23(36-29-28(34)27(33)26(32)24(22-30)37-29)20-17-14-11-8-7-9-12-15-18-21-25(31)35-2/h23-24,26-30,32-34H,3-22H2,1-2H3/t23?,24-,26-,27+,28-,29-/m1/s1. The molecule has 4 N–H and O–H groups in total. The first-order valence-electron chi connectivity index (χ1n) is 15.0. The van der Waals surface area contributed by atoms with Crippen LogP contribution in [0.25, 0.3) is 0 Å². The van der Waals surface area contributed by atoms with E-state index in [0.717, 1.165) is 57.8 Å². The van der Waals surface area contributed by atoms with Gasteiger partial charge in [-0.25, -0.2) is 0 Å². The summed E-state index contributed by atoms with van der Waals surface area (Å²) in [6, 6.07) is 0. The molecule has 6 atom stereocenters. The highest BCUT2D eigenvalue weighted by molar-refractivity contribution is 5.68. The maximum atomic E-state index is 11.1. The Morgan fingerprint density at radius 2 is 1.22 bits per heavy atom. The summed E-state index contributed by atoms with van der Waals surface area (Å²) in [7, 11) is 1.43. The van der Waals surface area contributed by atoms with Crippen molar-refractivity contribution in [2.45, 2.75) is 166 Å². The molecule has 1 rings (SSSR count). The summed E-state index contributed by atoms with van der Waals surface area (Å²) in [6.45, 7) is 1.77.